The van der Waals surface area contributed by atoms with Crippen molar-refractivity contribution in [3.05, 3.63) is 0 Å². The summed E-state index contributed by atoms with van der Waals surface area (Å²) >= 11 is 0. The molecule has 1 aliphatic heterocycles. The first-order valence-electron chi connectivity index (χ1n) is 5.61. The molecule has 1 saturated heterocycles. The number of carbonyl (C=O) groups is 1. The van der Waals surface area contributed by atoms with E-state index in [1.165, 1.54) is 0 Å². The minimum atomic E-state index is -0.0933. The van der Waals surface area contributed by atoms with Crippen LogP contribution in [0.25, 0.3) is 0 Å². The number of likely N-dealkylation sites (tertiary alicyclic amines) is 1. The minimum Gasteiger partial charge on any atom is -0.352 e. The van der Waals surface area contributed by atoms with E-state index in [1.54, 1.807) is 0 Å². The Morgan fingerprint density at radius 3 is 2.40 bits per heavy atom. The Morgan fingerprint density at radius 1 is 1.47 bits per heavy atom. The average Bonchev–Trinajstić information content (AvgIpc) is 1.99. The largest absolute Gasteiger partial charge is 0.352 e. The molecular weight excluding hydrogens is 190 g/mol. The van der Waals surface area contributed by atoms with Crippen molar-refractivity contribution in [3.63, 3.8) is 0 Å². The van der Waals surface area contributed by atoms with Crippen LogP contribution in [0.3, 0.4) is 0 Å². The predicted octanol–water partition coefficient (Wildman–Crippen LogP) is 0.180. The van der Waals surface area contributed by atoms with E-state index in [0.29, 0.717) is 12.5 Å². The lowest BCUT2D eigenvalue weighted by Crippen LogP contribution is -2.66. The van der Waals surface area contributed by atoms with Crippen molar-refractivity contribution in [2.75, 3.05) is 19.6 Å². The highest BCUT2D eigenvalue weighted by Crippen LogP contribution is 2.15. The lowest BCUT2D eigenvalue weighted by atomic mass is 9.94. The number of carbonyl (C=O) groups excluding carboxylic acids is 1. The van der Waals surface area contributed by atoms with Crippen LogP contribution in [0, 0.1) is 5.92 Å². The fourth-order valence-electron chi connectivity index (χ4n) is 1.76. The molecule has 1 amide bonds. The molecule has 4 nitrogen and oxygen atoms in total. The Bertz CT molecular complexity index is 230. The van der Waals surface area contributed by atoms with Gasteiger partial charge in [0, 0.05) is 24.7 Å². The first-order chi connectivity index (χ1) is 6.80. The summed E-state index contributed by atoms with van der Waals surface area (Å²) in [6, 6.07) is 0.239. The van der Waals surface area contributed by atoms with E-state index in [9.17, 15) is 4.79 Å². The van der Waals surface area contributed by atoms with E-state index in [-0.39, 0.29) is 17.5 Å². The summed E-state index contributed by atoms with van der Waals surface area (Å²) in [6.07, 6.45) is 0. The highest BCUT2D eigenvalue weighted by molar-refractivity contribution is 5.78. The summed E-state index contributed by atoms with van der Waals surface area (Å²) in [7, 11) is 0. The van der Waals surface area contributed by atoms with Gasteiger partial charge in [-0.2, -0.15) is 0 Å². The van der Waals surface area contributed by atoms with E-state index < -0.39 is 0 Å². The van der Waals surface area contributed by atoms with Gasteiger partial charge in [0.15, 0.2) is 0 Å². The summed E-state index contributed by atoms with van der Waals surface area (Å²) < 4.78 is 0. The van der Waals surface area contributed by atoms with Crippen molar-refractivity contribution < 1.29 is 4.79 Å². The number of rotatable bonds is 4. The molecule has 1 aliphatic rings. The number of hydrogen-bond donors (Lipinski definition) is 2. The highest BCUT2D eigenvalue weighted by Gasteiger charge is 2.35. The van der Waals surface area contributed by atoms with Crippen molar-refractivity contribution in [3.8, 4) is 0 Å². The fraction of sp³-hybridized carbons (Fsp3) is 0.909. The third-order valence-electron chi connectivity index (χ3n) is 2.93. The molecule has 0 saturated carbocycles. The third-order valence-corrected chi connectivity index (χ3v) is 2.93. The minimum absolute atomic E-state index is 0.0933. The summed E-state index contributed by atoms with van der Waals surface area (Å²) in [5.74, 6) is 0.580. The number of amides is 1. The fourth-order valence-corrected chi connectivity index (χ4v) is 1.76. The molecular formula is C11H23N3O. The lowest BCUT2D eigenvalue weighted by molar-refractivity contribution is -0.124. The van der Waals surface area contributed by atoms with Gasteiger partial charge < -0.3 is 11.1 Å². The molecule has 0 radical (unpaired) electrons. The Hall–Kier alpha value is -0.610. The lowest BCUT2D eigenvalue weighted by Gasteiger charge is -2.45. The molecule has 15 heavy (non-hydrogen) atoms. The highest BCUT2D eigenvalue weighted by atomic mass is 16.2. The predicted molar refractivity (Wildman–Crippen MR) is 61.5 cm³/mol. The smallest absolute Gasteiger partial charge is 0.234 e. The molecule has 0 bridgehead atoms. The van der Waals surface area contributed by atoms with E-state index in [4.69, 9.17) is 5.73 Å². The molecule has 0 aromatic heterocycles. The maximum atomic E-state index is 11.6. The Balaban J connectivity index is 2.20. The van der Waals surface area contributed by atoms with Gasteiger partial charge in [0.1, 0.15) is 0 Å². The van der Waals surface area contributed by atoms with Crippen LogP contribution in [0.1, 0.15) is 27.7 Å². The van der Waals surface area contributed by atoms with Gasteiger partial charge in [0.05, 0.1) is 6.54 Å². The second-order valence-corrected chi connectivity index (χ2v) is 5.40. The van der Waals surface area contributed by atoms with Crippen molar-refractivity contribution in [1.29, 1.82) is 0 Å². The van der Waals surface area contributed by atoms with Crippen LogP contribution in [-0.2, 0) is 4.79 Å². The maximum absolute atomic E-state index is 11.6. The first-order valence-corrected chi connectivity index (χ1v) is 5.61. The molecule has 1 fully saturated rings. The van der Waals surface area contributed by atoms with Crippen molar-refractivity contribution >= 4 is 5.91 Å². The van der Waals surface area contributed by atoms with Crippen LogP contribution in [0.2, 0.25) is 0 Å². The standard InChI is InChI=1S/C11H23N3O/c1-8(2)9(3)13-10(15)5-14-6-11(4,12)7-14/h8-9H,5-7,12H2,1-4H3,(H,13,15). The van der Waals surface area contributed by atoms with Gasteiger partial charge in [0.2, 0.25) is 5.91 Å². The molecule has 0 aromatic rings. The number of nitrogens with one attached hydrogen (secondary N) is 1. The molecule has 4 heteroatoms. The zero-order valence-electron chi connectivity index (χ0n) is 10.2. The third kappa shape index (κ3) is 3.80. The van der Waals surface area contributed by atoms with E-state index in [0.717, 1.165) is 13.1 Å². The first kappa shape index (κ1) is 12.5. The quantitative estimate of drug-likeness (QED) is 0.700. The molecule has 1 rings (SSSR count). The topological polar surface area (TPSA) is 58.4 Å². The van der Waals surface area contributed by atoms with Gasteiger partial charge in [-0.05, 0) is 19.8 Å². The Labute approximate surface area is 92.2 Å². The SMILES string of the molecule is CC(C)C(C)NC(=O)CN1CC(C)(N)C1. The number of nitrogens with zero attached hydrogens (tertiary/aromatic N) is 1. The second-order valence-electron chi connectivity index (χ2n) is 5.40. The molecule has 1 atom stereocenters. The molecule has 1 heterocycles. The Morgan fingerprint density at radius 2 is 2.00 bits per heavy atom. The monoisotopic (exact) mass is 213 g/mol. The normalized spacial score (nSPS) is 22.3. The zero-order valence-corrected chi connectivity index (χ0v) is 10.2. The summed E-state index contributed by atoms with van der Waals surface area (Å²) in [5.41, 5.74) is 5.77. The Kier molecular flexibility index (Phi) is 3.73. The summed E-state index contributed by atoms with van der Waals surface area (Å²) in [4.78, 5) is 13.7. The zero-order chi connectivity index (χ0) is 11.6. The molecule has 3 N–H and O–H groups in total. The van der Waals surface area contributed by atoms with Crippen molar-refractivity contribution in [1.82, 2.24) is 10.2 Å². The number of nitrogens with two attached hydrogens (primary N) is 1. The molecule has 88 valence electrons. The van der Waals surface area contributed by atoms with E-state index >= 15 is 0 Å². The average molecular weight is 213 g/mol. The van der Waals surface area contributed by atoms with Gasteiger partial charge in [-0.25, -0.2) is 0 Å². The van der Waals surface area contributed by atoms with Gasteiger partial charge in [-0.3, -0.25) is 9.69 Å². The van der Waals surface area contributed by atoms with Gasteiger partial charge in [0.25, 0.3) is 0 Å². The van der Waals surface area contributed by atoms with Crippen LogP contribution >= 0.6 is 0 Å². The van der Waals surface area contributed by atoms with Crippen LogP contribution < -0.4 is 11.1 Å². The van der Waals surface area contributed by atoms with Gasteiger partial charge in [-0.1, -0.05) is 13.8 Å². The second kappa shape index (κ2) is 4.49. The molecule has 1 unspecified atom stereocenters. The van der Waals surface area contributed by atoms with Crippen LogP contribution in [0.15, 0.2) is 0 Å². The molecule has 0 spiro atoms. The molecule has 0 aromatic carbocycles. The summed E-state index contributed by atoms with van der Waals surface area (Å²) in [6.45, 7) is 10.4. The number of hydrogen-bond acceptors (Lipinski definition) is 3. The van der Waals surface area contributed by atoms with E-state index in [2.05, 4.69) is 24.1 Å². The van der Waals surface area contributed by atoms with Crippen molar-refractivity contribution in [2.45, 2.75) is 39.3 Å². The van der Waals surface area contributed by atoms with Crippen LogP contribution in [-0.4, -0.2) is 42.0 Å². The van der Waals surface area contributed by atoms with Crippen LogP contribution in [0.5, 0.6) is 0 Å². The van der Waals surface area contributed by atoms with Crippen molar-refractivity contribution in [2.24, 2.45) is 11.7 Å². The van der Waals surface area contributed by atoms with Gasteiger partial charge >= 0.3 is 0 Å². The molecule has 0 aliphatic carbocycles. The maximum Gasteiger partial charge on any atom is 0.234 e. The van der Waals surface area contributed by atoms with Crippen LogP contribution in [0.4, 0.5) is 0 Å². The van der Waals surface area contributed by atoms with E-state index in [1.807, 2.05) is 13.8 Å². The van der Waals surface area contributed by atoms with Gasteiger partial charge in [-0.15, -0.1) is 0 Å². The summed E-state index contributed by atoms with van der Waals surface area (Å²) in [5, 5.41) is 2.98.